The summed E-state index contributed by atoms with van der Waals surface area (Å²) in [7, 11) is 5.03. The number of nitrogens with one attached hydrogen (secondary N) is 1. The molecule has 1 atom stereocenters. The van der Waals surface area contributed by atoms with Crippen LogP contribution in [0.3, 0.4) is 0 Å². The fourth-order valence-electron chi connectivity index (χ4n) is 2.79. The number of benzene rings is 1. The number of aliphatic carboxylic acids is 1. The van der Waals surface area contributed by atoms with Gasteiger partial charge in [-0.05, 0) is 19.2 Å². The summed E-state index contributed by atoms with van der Waals surface area (Å²) in [6.07, 6.45) is -0.126. The largest absolute Gasteiger partial charge is 0.497 e. The Morgan fingerprint density at radius 1 is 1.20 bits per heavy atom. The number of rotatable bonds is 7. The van der Waals surface area contributed by atoms with Crippen LogP contribution in [-0.4, -0.2) is 80.3 Å². The number of carboxylic acids is 1. The molecule has 0 aromatic heterocycles. The van der Waals surface area contributed by atoms with Crippen LogP contribution in [-0.2, 0) is 9.59 Å². The highest BCUT2D eigenvalue weighted by molar-refractivity contribution is 5.95. The zero-order valence-corrected chi connectivity index (χ0v) is 14.8. The normalized spacial score (nSPS) is 16.9. The van der Waals surface area contributed by atoms with Crippen LogP contribution in [0.5, 0.6) is 11.5 Å². The van der Waals surface area contributed by atoms with Gasteiger partial charge in [-0.2, -0.15) is 0 Å². The second kappa shape index (κ2) is 8.68. The average Bonchev–Trinajstić information content (AvgIpc) is 2.60. The molecule has 1 aliphatic rings. The smallest absolute Gasteiger partial charge is 0.321 e. The van der Waals surface area contributed by atoms with Crippen molar-refractivity contribution in [3.05, 3.63) is 18.2 Å². The van der Waals surface area contributed by atoms with Crippen molar-refractivity contribution in [3.63, 3.8) is 0 Å². The summed E-state index contributed by atoms with van der Waals surface area (Å²) >= 11 is 0. The molecule has 25 heavy (non-hydrogen) atoms. The van der Waals surface area contributed by atoms with Gasteiger partial charge in [-0.25, -0.2) is 0 Å². The molecule has 1 fully saturated rings. The quantitative estimate of drug-likeness (QED) is 0.748. The third-order valence-electron chi connectivity index (χ3n) is 4.32. The van der Waals surface area contributed by atoms with Crippen molar-refractivity contribution < 1.29 is 24.2 Å². The monoisotopic (exact) mass is 351 g/mol. The van der Waals surface area contributed by atoms with Gasteiger partial charge in [0.1, 0.15) is 17.5 Å². The lowest BCUT2D eigenvalue weighted by Crippen LogP contribution is -2.52. The van der Waals surface area contributed by atoms with E-state index in [1.165, 1.54) is 14.2 Å². The number of carboxylic acid groups (broad SMARTS) is 1. The second-order valence-electron chi connectivity index (χ2n) is 6.01. The van der Waals surface area contributed by atoms with Crippen molar-refractivity contribution in [2.24, 2.45) is 0 Å². The molecule has 1 saturated heterocycles. The van der Waals surface area contributed by atoms with E-state index < -0.39 is 12.0 Å². The van der Waals surface area contributed by atoms with E-state index in [0.29, 0.717) is 30.3 Å². The number of ether oxygens (including phenoxy) is 2. The van der Waals surface area contributed by atoms with Crippen molar-refractivity contribution in [2.75, 3.05) is 52.8 Å². The molecule has 0 spiro atoms. The minimum absolute atomic E-state index is 0.126. The number of piperazine rings is 1. The highest BCUT2D eigenvalue weighted by atomic mass is 16.5. The highest BCUT2D eigenvalue weighted by Crippen LogP contribution is 2.29. The van der Waals surface area contributed by atoms with Crippen molar-refractivity contribution in [1.29, 1.82) is 0 Å². The maximum Gasteiger partial charge on any atom is 0.321 e. The van der Waals surface area contributed by atoms with Crippen molar-refractivity contribution in [1.82, 2.24) is 9.80 Å². The Hall–Kier alpha value is -2.32. The van der Waals surface area contributed by atoms with E-state index in [4.69, 9.17) is 9.47 Å². The predicted molar refractivity (Wildman–Crippen MR) is 93.3 cm³/mol. The molecule has 0 aliphatic carbocycles. The van der Waals surface area contributed by atoms with Gasteiger partial charge in [-0.15, -0.1) is 0 Å². The first-order valence-corrected chi connectivity index (χ1v) is 8.12. The molecule has 1 aromatic carbocycles. The fourth-order valence-corrected chi connectivity index (χ4v) is 2.79. The van der Waals surface area contributed by atoms with Crippen LogP contribution in [0.25, 0.3) is 0 Å². The van der Waals surface area contributed by atoms with E-state index in [9.17, 15) is 14.7 Å². The number of likely N-dealkylation sites (N-methyl/N-ethyl adjacent to an activating group) is 1. The summed E-state index contributed by atoms with van der Waals surface area (Å²) in [5.74, 6) is -0.305. The van der Waals surface area contributed by atoms with E-state index in [-0.39, 0.29) is 12.3 Å². The van der Waals surface area contributed by atoms with Crippen LogP contribution in [0, 0.1) is 0 Å². The number of carbonyl (C=O) groups is 2. The molecule has 1 amide bonds. The van der Waals surface area contributed by atoms with Crippen molar-refractivity contribution in [2.45, 2.75) is 12.5 Å². The standard InChI is InChI=1S/C17H25N3O5/c1-19-6-8-20(9-7-19)14(17(22)23)11-16(21)18-13-10-12(24-2)4-5-15(13)25-3/h4-5,10,14H,6-9,11H2,1-3H3,(H,18,21)(H,22,23). The summed E-state index contributed by atoms with van der Waals surface area (Å²) in [5.41, 5.74) is 0.453. The van der Waals surface area contributed by atoms with Gasteiger partial charge in [0.2, 0.25) is 5.91 Å². The summed E-state index contributed by atoms with van der Waals surface area (Å²) in [4.78, 5) is 28.0. The third-order valence-corrected chi connectivity index (χ3v) is 4.32. The minimum Gasteiger partial charge on any atom is -0.497 e. The number of hydrogen-bond donors (Lipinski definition) is 2. The van der Waals surface area contributed by atoms with Gasteiger partial charge in [0, 0.05) is 32.2 Å². The van der Waals surface area contributed by atoms with Crippen molar-refractivity contribution >= 4 is 17.6 Å². The molecular weight excluding hydrogens is 326 g/mol. The summed E-state index contributed by atoms with van der Waals surface area (Å²) in [5, 5.41) is 12.2. The lowest BCUT2D eigenvalue weighted by Gasteiger charge is -2.35. The number of carbonyl (C=O) groups excluding carboxylic acids is 1. The Kier molecular flexibility index (Phi) is 6.60. The fraction of sp³-hybridized carbons (Fsp3) is 0.529. The van der Waals surface area contributed by atoms with Crippen LogP contribution in [0.15, 0.2) is 18.2 Å². The molecule has 1 unspecified atom stereocenters. The van der Waals surface area contributed by atoms with E-state index >= 15 is 0 Å². The zero-order valence-electron chi connectivity index (χ0n) is 14.8. The highest BCUT2D eigenvalue weighted by Gasteiger charge is 2.30. The van der Waals surface area contributed by atoms with E-state index in [1.807, 2.05) is 11.9 Å². The molecule has 0 radical (unpaired) electrons. The predicted octanol–water partition coefficient (Wildman–Crippen LogP) is 0.733. The zero-order chi connectivity index (χ0) is 18.4. The van der Waals surface area contributed by atoms with Gasteiger partial charge < -0.3 is 24.8 Å². The molecule has 2 N–H and O–H groups in total. The molecular formula is C17H25N3O5. The molecule has 1 aromatic rings. The summed E-state index contributed by atoms with van der Waals surface area (Å²) < 4.78 is 10.4. The molecule has 2 rings (SSSR count). The summed E-state index contributed by atoms with van der Waals surface area (Å²) in [6, 6.07) is 4.20. The molecule has 8 heteroatoms. The number of amides is 1. The van der Waals surface area contributed by atoms with Gasteiger partial charge >= 0.3 is 5.97 Å². The number of nitrogens with zero attached hydrogens (tertiary/aromatic N) is 2. The Morgan fingerprint density at radius 2 is 1.88 bits per heavy atom. The van der Waals surface area contributed by atoms with Crippen LogP contribution in [0.4, 0.5) is 5.69 Å². The van der Waals surface area contributed by atoms with Crippen molar-refractivity contribution in [3.8, 4) is 11.5 Å². The Bertz CT molecular complexity index is 614. The van der Waals surface area contributed by atoms with Gasteiger partial charge in [0.15, 0.2) is 0 Å². The van der Waals surface area contributed by atoms with Gasteiger partial charge in [-0.3, -0.25) is 14.5 Å². The van der Waals surface area contributed by atoms with Gasteiger partial charge in [-0.1, -0.05) is 0 Å². The molecule has 1 aliphatic heterocycles. The molecule has 0 saturated carbocycles. The van der Waals surface area contributed by atoms with Gasteiger partial charge in [0.25, 0.3) is 0 Å². The van der Waals surface area contributed by atoms with Crippen LogP contribution < -0.4 is 14.8 Å². The van der Waals surface area contributed by atoms with Gasteiger partial charge in [0.05, 0.1) is 26.3 Å². The van der Waals surface area contributed by atoms with E-state index in [0.717, 1.165) is 13.1 Å². The second-order valence-corrected chi connectivity index (χ2v) is 6.01. The maximum absolute atomic E-state index is 12.4. The topological polar surface area (TPSA) is 91.3 Å². The SMILES string of the molecule is COc1ccc(OC)c(NC(=O)CC(C(=O)O)N2CCN(C)CC2)c1. The number of methoxy groups -OCH3 is 2. The Morgan fingerprint density at radius 3 is 2.44 bits per heavy atom. The first-order valence-electron chi connectivity index (χ1n) is 8.12. The molecule has 1 heterocycles. The van der Waals surface area contributed by atoms with Crippen LogP contribution in [0.2, 0.25) is 0 Å². The molecule has 0 bridgehead atoms. The first-order chi connectivity index (χ1) is 11.9. The van der Waals surface area contributed by atoms with E-state index in [2.05, 4.69) is 10.2 Å². The summed E-state index contributed by atoms with van der Waals surface area (Å²) in [6.45, 7) is 2.83. The van der Waals surface area contributed by atoms with E-state index in [1.54, 1.807) is 18.2 Å². The first kappa shape index (κ1) is 19.0. The Labute approximate surface area is 147 Å². The molecule has 138 valence electrons. The lowest BCUT2D eigenvalue weighted by atomic mass is 10.1. The molecule has 8 nitrogen and oxygen atoms in total. The Balaban J connectivity index is 2.05. The van der Waals surface area contributed by atoms with Crippen LogP contribution >= 0.6 is 0 Å². The number of hydrogen-bond acceptors (Lipinski definition) is 6. The van der Waals surface area contributed by atoms with Crippen LogP contribution in [0.1, 0.15) is 6.42 Å². The lowest BCUT2D eigenvalue weighted by molar-refractivity contribution is -0.145. The average molecular weight is 351 g/mol. The third kappa shape index (κ3) is 5.07. The minimum atomic E-state index is -0.989. The maximum atomic E-state index is 12.4. The number of anilines is 1.